The molecule has 1 aromatic rings. The van der Waals surface area contributed by atoms with Gasteiger partial charge >= 0.3 is 0 Å². The molecular weight excluding hydrogens is 228 g/mol. The van der Waals surface area contributed by atoms with Crippen LogP contribution in [0.2, 0.25) is 0 Å². The first-order chi connectivity index (χ1) is 8.28. The van der Waals surface area contributed by atoms with E-state index in [-0.39, 0.29) is 5.48 Å². The van der Waals surface area contributed by atoms with E-state index in [1.807, 2.05) is 0 Å². The molecule has 1 aromatic carbocycles. The summed E-state index contributed by atoms with van der Waals surface area (Å²) in [5.74, 6) is 0. The quantitative estimate of drug-likeness (QED) is 0.794. The molecule has 0 aliphatic carbocycles. The van der Waals surface area contributed by atoms with Crippen LogP contribution in [-0.2, 0) is 17.9 Å². The van der Waals surface area contributed by atoms with Crippen LogP contribution in [0, 0.1) is 0 Å². The molecule has 1 fully saturated rings. The first kappa shape index (κ1) is 15.1. The molecule has 0 saturated carbocycles. The van der Waals surface area contributed by atoms with E-state index in [0.29, 0.717) is 6.61 Å². The number of benzene rings is 1. The van der Waals surface area contributed by atoms with Gasteiger partial charge in [-0.25, -0.2) is 0 Å². The summed E-state index contributed by atoms with van der Waals surface area (Å²) in [7, 11) is 3.93. The van der Waals surface area contributed by atoms with Crippen molar-refractivity contribution in [2.45, 2.75) is 13.2 Å². The second kappa shape index (κ2) is 7.48. The smallest absolute Gasteiger partial charge is 0.0713 e. The van der Waals surface area contributed by atoms with E-state index in [2.05, 4.69) is 41.1 Å². The van der Waals surface area contributed by atoms with Crippen LogP contribution in [0.25, 0.3) is 0 Å². The molecule has 18 heavy (non-hydrogen) atoms. The highest BCUT2D eigenvalue weighted by Gasteiger charge is 2.13. The Labute approximate surface area is 109 Å². The first-order valence-electron chi connectivity index (χ1n) is 6.25. The third-order valence-corrected chi connectivity index (χ3v) is 3.30. The number of rotatable bonds is 4. The highest BCUT2D eigenvalue weighted by atomic mass is 16.5. The van der Waals surface area contributed by atoms with Crippen LogP contribution in [0.15, 0.2) is 24.3 Å². The average molecular weight is 252 g/mol. The fourth-order valence-electron chi connectivity index (χ4n) is 2.25. The van der Waals surface area contributed by atoms with E-state index in [1.54, 1.807) is 7.11 Å². The predicted molar refractivity (Wildman–Crippen MR) is 73.5 cm³/mol. The zero-order valence-corrected chi connectivity index (χ0v) is 11.4. The van der Waals surface area contributed by atoms with Crippen molar-refractivity contribution in [2.24, 2.45) is 0 Å². The zero-order valence-electron chi connectivity index (χ0n) is 11.4. The van der Waals surface area contributed by atoms with Crippen LogP contribution in [-0.4, -0.2) is 55.6 Å². The molecule has 0 unspecified atom stereocenters. The molecule has 2 N–H and O–H groups in total. The van der Waals surface area contributed by atoms with Crippen molar-refractivity contribution in [2.75, 3.05) is 40.3 Å². The lowest BCUT2D eigenvalue weighted by atomic mass is 10.1. The van der Waals surface area contributed by atoms with Gasteiger partial charge in [-0.2, -0.15) is 0 Å². The normalized spacial score (nSPS) is 17.4. The minimum Gasteiger partial charge on any atom is -0.412 e. The summed E-state index contributed by atoms with van der Waals surface area (Å²) in [5.41, 5.74) is 2.66. The van der Waals surface area contributed by atoms with Gasteiger partial charge in [-0.3, -0.25) is 4.90 Å². The Morgan fingerprint density at radius 3 is 2.44 bits per heavy atom. The van der Waals surface area contributed by atoms with Gasteiger partial charge in [0.05, 0.1) is 6.61 Å². The molecule has 0 radical (unpaired) electrons. The highest BCUT2D eigenvalue weighted by molar-refractivity contribution is 5.23. The molecule has 1 aliphatic rings. The van der Waals surface area contributed by atoms with Crippen LogP contribution in [0.3, 0.4) is 0 Å². The molecule has 0 atom stereocenters. The van der Waals surface area contributed by atoms with Crippen LogP contribution in [0.4, 0.5) is 0 Å². The van der Waals surface area contributed by atoms with Gasteiger partial charge in [-0.15, -0.1) is 0 Å². The summed E-state index contributed by atoms with van der Waals surface area (Å²) in [5, 5.41) is 0. The van der Waals surface area contributed by atoms with Crippen LogP contribution in [0.5, 0.6) is 0 Å². The summed E-state index contributed by atoms with van der Waals surface area (Å²) in [6.45, 7) is 6.47. The number of methoxy groups -OCH3 is 1. The van der Waals surface area contributed by atoms with E-state index in [1.165, 1.54) is 37.3 Å². The Morgan fingerprint density at radius 2 is 1.78 bits per heavy atom. The topological polar surface area (TPSA) is 47.2 Å². The average Bonchev–Trinajstić information content (AvgIpc) is 2.33. The van der Waals surface area contributed by atoms with Gasteiger partial charge in [0.25, 0.3) is 0 Å². The standard InChI is InChI=1S/C14H22N2O.H2O/c1-15-6-8-16(9-7-15)11-13-4-3-5-14(10-13)12-17-2;/h3-5,10H,6-9,11-12H2,1-2H3;1H2. The van der Waals surface area contributed by atoms with Gasteiger partial charge in [0, 0.05) is 39.8 Å². The van der Waals surface area contributed by atoms with Crippen LogP contribution < -0.4 is 0 Å². The molecular formula is C14H24N2O2. The van der Waals surface area contributed by atoms with Gasteiger partial charge in [0.15, 0.2) is 0 Å². The maximum absolute atomic E-state index is 5.17. The fraction of sp³-hybridized carbons (Fsp3) is 0.571. The molecule has 2 rings (SSSR count). The third-order valence-electron chi connectivity index (χ3n) is 3.30. The van der Waals surface area contributed by atoms with Crippen molar-refractivity contribution in [3.05, 3.63) is 35.4 Å². The molecule has 1 saturated heterocycles. The molecule has 0 aromatic heterocycles. The number of hydrogen-bond donors (Lipinski definition) is 0. The largest absolute Gasteiger partial charge is 0.412 e. The number of likely N-dealkylation sites (N-methyl/N-ethyl adjacent to an activating group) is 1. The molecule has 0 amide bonds. The number of nitrogens with zero attached hydrogens (tertiary/aromatic N) is 2. The summed E-state index contributed by atoms with van der Waals surface area (Å²) in [4.78, 5) is 4.91. The Balaban J connectivity index is 0.00000162. The Kier molecular flexibility index (Phi) is 6.29. The van der Waals surface area contributed by atoms with Crippen molar-refractivity contribution < 1.29 is 10.2 Å². The Hall–Kier alpha value is -0.940. The summed E-state index contributed by atoms with van der Waals surface area (Å²) >= 11 is 0. The second-order valence-electron chi connectivity index (χ2n) is 4.83. The van der Waals surface area contributed by atoms with Crippen molar-refractivity contribution in [1.29, 1.82) is 0 Å². The number of hydrogen-bond acceptors (Lipinski definition) is 3. The zero-order chi connectivity index (χ0) is 12.1. The predicted octanol–water partition coefficient (Wildman–Crippen LogP) is 0.756. The maximum atomic E-state index is 5.17. The monoisotopic (exact) mass is 252 g/mol. The van der Waals surface area contributed by atoms with E-state index < -0.39 is 0 Å². The first-order valence-corrected chi connectivity index (χ1v) is 6.25. The third kappa shape index (κ3) is 4.38. The van der Waals surface area contributed by atoms with E-state index >= 15 is 0 Å². The molecule has 0 bridgehead atoms. The molecule has 4 heteroatoms. The summed E-state index contributed by atoms with van der Waals surface area (Å²) in [6.07, 6.45) is 0. The van der Waals surface area contributed by atoms with E-state index in [0.717, 1.165) is 6.54 Å². The van der Waals surface area contributed by atoms with Crippen molar-refractivity contribution in [3.8, 4) is 0 Å². The lowest BCUT2D eigenvalue weighted by Crippen LogP contribution is -2.43. The maximum Gasteiger partial charge on any atom is 0.0713 e. The molecule has 4 nitrogen and oxygen atoms in total. The summed E-state index contributed by atoms with van der Waals surface area (Å²) < 4.78 is 5.17. The Morgan fingerprint density at radius 1 is 1.11 bits per heavy atom. The lowest BCUT2D eigenvalue weighted by molar-refractivity contribution is 0.148. The molecule has 1 heterocycles. The molecule has 102 valence electrons. The highest BCUT2D eigenvalue weighted by Crippen LogP contribution is 2.10. The SMILES string of the molecule is COCc1cccc(CN2CCN(C)CC2)c1.O. The molecule has 0 spiro atoms. The van der Waals surface area contributed by atoms with Gasteiger partial charge < -0.3 is 15.1 Å². The van der Waals surface area contributed by atoms with Crippen molar-refractivity contribution >= 4 is 0 Å². The minimum absolute atomic E-state index is 0. The van der Waals surface area contributed by atoms with Crippen molar-refractivity contribution in [1.82, 2.24) is 9.80 Å². The van der Waals surface area contributed by atoms with Gasteiger partial charge in [0.1, 0.15) is 0 Å². The van der Waals surface area contributed by atoms with Crippen molar-refractivity contribution in [3.63, 3.8) is 0 Å². The van der Waals surface area contributed by atoms with E-state index in [4.69, 9.17) is 4.74 Å². The number of piperazine rings is 1. The Bertz CT molecular complexity index is 349. The number of ether oxygens (including phenoxy) is 1. The van der Waals surface area contributed by atoms with Crippen LogP contribution >= 0.6 is 0 Å². The summed E-state index contributed by atoms with van der Waals surface area (Å²) in [6, 6.07) is 8.70. The van der Waals surface area contributed by atoms with Gasteiger partial charge in [0.2, 0.25) is 0 Å². The minimum atomic E-state index is 0. The van der Waals surface area contributed by atoms with Crippen LogP contribution in [0.1, 0.15) is 11.1 Å². The second-order valence-corrected chi connectivity index (χ2v) is 4.83. The molecule has 1 aliphatic heterocycles. The van der Waals surface area contributed by atoms with E-state index in [9.17, 15) is 0 Å². The fourth-order valence-corrected chi connectivity index (χ4v) is 2.25. The van der Waals surface area contributed by atoms with Gasteiger partial charge in [-0.1, -0.05) is 24.3 Å². The van der Waals surface area contributed by atoms with Gasteiger partial charge in [-0.05, 0) is 18.2 Å². The lowest BCUT2D eigenvalue weighted by Gasteiger charge is -2.32.